The minimum Gasteiger partial charge on any atom is -0.274 e. The molecular weight excluding hydrogens is 298 g/mol. The van der Waals surface area contributed by atoms with E-state index in [0.717, 1.165) is 5.56 Å². The lowest BCUT2D eigenvalue weighted by atomic mass is 9.86. The Balaban J connectivity index is 1.87. The Kier molecular flexibility index (Phi) is 4.10. The number of anilines is 1. The Bertz CT molecular complexity index is 796. The van der Waals surface area contributed by atoms with Gasteiger partial charge in [-0.05, 0) is 34.8 Å². The van der Waals surface area contributed by atoms with E-state index in [1.807, 2.05) is 36.4 Å². The predicted molar refractivity (Wildman–Crippen MR) is 96.7 cm³/mol. The number of hydrogen-bond donors (Lipinski definition) is 0. The van der Waals surface area contributed by atoms with Gasteiger partial charge in [-0.15, -0.1) is 0 Å². The van der Waals surface area contributed by atoms with E-state index >= 15 is 0 Å². The summed E-state index contributed by atoms with van der Waals surface area (Å²) in [5, 5.41) is 0. The van der Waals surface area contributed by atoms with Crippen LogP contribution in [-0.4, -0.2) is 11.8 Å². The topological polar surface area (TPSA) is 37.4 Å². The third kappa shape index (κ3) is 3.16. The summed E-state index contributed by atoms with van der Waals surface area (Å²) in [7, 11) is 0. The average molecular weight is 319 g/mol. The van der Waals surface area contributed by atoms with Gasteiger partial charge in [0, 0.05) is 5.57 Å². The number of carbonyl (C=O) groups excluding carboxylic acids is 2. The molecule has 0 saturated carbocycles. The molecule has 0 unspecified atom stereocenters. The van der Waals surface area contributed by atoms with Crippen molar-refractivity contribution in [2.45, 2.75) is 32.6 Å². The van der Waals surface area contributed by atoms with Crippen molar-refractivity contribution < 1.29 is 9.59 Å². The van der Waals surface area contributed by atoms with E-state index in [4.69, 9.17) is 0 Å². The van der Waals surface area contributed by atoms with E-state index in [1.54, 1.807) is 12.1 Å². The number of imide groups is 1. The highest BCUT2D eigenvalue weighted by Crippen LogP contribution is 2.28. The summed E-state index contributed by atoms with van der Waals surface area (Å²) in [6.45, 7) is 6.49. The maximum Gasteiger partial charge on any atom is 0.261 e. The monoisotopic (exact) mass is 319 g/mol. The molecule has 122 valence electrons. The normalized spacial score (nSPS) is 17.0. The Hall–Kier alpha value is -2.68. The average Bonchev–Trinajstić information content (AvgIpc) is 2.82. The van der Waals surface area contributed by atoms with Crippen LogP contribution in [0, 0.1) is 0 Å². The van der Waals surface area contributed by atoms with Crippen LogP contribution in [0.5, 0.6) is 0 Å². The van der Waals surface area contributed by atoms with Crippen LogP contribution in [-0.2, 0) is 15.0 Å². The van der Waals surface area contributed by atoms with E-state index in [2.05, 4.69) is 32.9 Å². The van der Waals surface area contributed by atoms with Crippen molar-refractivity contribution >= 4 is 23.6 Å². The smallest absolute Gasteiger partial charge is 0.261 e. The highest BCUT2D eigenvalue weighted by Gasteiger charge is 2.34. The molecule has 1 aliphatic heterocycles. The molecule has 3 heteroatoms. The Morgan fingerprint density at radius 2 is 1.54 bits per heavy atom. The van der Waals surface area contributed by atoms with Crippen LogP contribution in [0.1, 0.15) is 38.3 Å². The number of rotatable bonds is 2. The van der Waals surface area contributed by atoms with Crippen molar-refractivity contribution in [1.82, 2.24) is 0 Å². The van der Waals surface area contributed by atoms with Crippen molar-refractivity contribution in [3.05, 3.63) is 71.3 Å². The molecule has 0 radical (unpaired) electrons. The summed E-state index contributed by atoms with van der Waals surface area (Å²) < 4.78 is 0. The standard InChI is InChI=1S/C21H21NO2/c1-21(2,3)17-11-9-15(10-12-17)13-16-14-19(23)22(20(16)24)18-7-5-4-6-8-18/h4-13H,14H2,1-3H3/b16-13+. The number of carbonyl (C=O) groups is 2. The van der Waals surface area contributed by atoms with E-state index < -0.39 is 0 Å². The van der Waals surface area contributed by atoms with Crippen molar-refractivity contribution in [3.63, 3.8) is 0 Å². The first-order valence-corrected chi connectivity index (χ1v) is 8.10. The summed E-state index contributed by atoms with van der Waals surface area (Å²) in [6, 6.07) is 17.2. The van der Waals surface area contributed by atoms with Gasteiger partial charge < -0.3 is 0 Å². The van der Waals surface area contributed by atoms with Gasteiger partial charge in [0.2, 0.25) is 5.91 Å². The van der Waals surface area contributed by atoms with Crippen molar-refractivity contribution in [1.29, 1.82) is 0 Å². The molecule has 3 rings (SSSR count). The first kappa shape index (κ1) is 16.2. The SMILES string of the molecule is CC(C)(C)c1ccc(/C=C2\CC(=O)N(c3ccccc3)C2=O)cc1. The Morgan fingerprint density at radius 1 is 0.917 bits per heavy atom. The van der Waals surface area contributed by atoms with E-state index in [0.29, 0.717) is 11.3 Å². The van der Waals surface area contributed by atoms with Crippen LogP contribution in [0.15, 0.2) is 60.2 Å². The zero-order chi connectivity index (χ0) is 17.3. The Morgan fingerprint density at radius 3 is 2.12 bits per heavy atom. The number of hydrogen-bond acceptors (Lipinski definition) is 2. The fraction of sp³-hybridized carbons (Fsp3) is 0.238. The van der Waals surface area contributed by atoms with Gasteiger partial charge in [0.15, 0.2) is 0 Å². The highest BCUT2D eigenvalue weighted by atomic mass is 16.2. The van der Waals surface area contributed by atoms with Gasteiger partial charge in [-0.2, -0.15) is 0 Å². The molecule has 0 bridgehead atoms. The fourth-order valence-corrected chi connectivity index (χ4v) is 2.81. The van der Waals surface area contributed by atoms with Gasteiger partial charge in [-0.3, -0.25) is 9.59 Å². The highest BCUT2D eigenvalue weighted by molar-refractivity contribution is 6.29. The summed E-state index contributed by atoms with van der Waals surface area (Å²) >= 11 is 0. The summed E-state index contributed by atoms with van der Waals surface area (Å²) in [5.74, 6) is -0.408. The second kappa shape index (κ2) is 6.08. The maximum absolute atomic E-state index is 12.6. The van der Waals surface area contributed by atoms with Gasteiger partial charge >= 0.3 is 0 Å². The number of nitrogens with zero attached hydrogens (tertiary/aromatic N) is 1. The molecule has 0 aliphatic carbocycles. The second-order valence-corrected chi connectivity index (χ2v) is 7.09. The molecular formula is C21H21NO2. The predicted octanol–water partition coefficient (Wildman–Crippen LogP) is 4.33. The van der Waals surface area contributed by atoms with Gasteiger partial charge in [0.05, 0.1) is 12.1 Å². The van der Waals surface area contributed by atoms with Gasteiger partial charge in [0.25, 0.3) is 5.91 Å². The molecule has 1 fully saturated rings. The zero-order valence-corrected chi connectivity index (χ0v) is 14.2. The molecule has 1 aliphatic rings. The molecule has 2 aromatic rings. The molecule has 2 aromatic carbocycles. The lowest BCUT2D eigenvalue weighted by molar-refractivity contribution is -0.120. The van der Waals surface area contributed by atoms with Crippen LogP contribution in [0.25, 0.3) is 6.08 Å². The number of amides is 2. The molecule has 24 heavy (non-hydrogen) atoms. The van der Waals surface area contributed by atoms with Crippen LogP contribution in [0.2, 0.25) is 0 Å². The molecule has 0 spiro atoms. The van der Waals surface area contributed by atoms with Crippen molar-refractivity contribution in [3.8, 4) is 0 Å². The number of benzene rings is 2. The second-order valence-electron chi connectivity index (χ2n) is 7.09. The minimum absolute atomic E-state index is 0.0922. The largest absolute Gasteiger partial charge is 0.274 e. The molecule has 0 N–H and O–H groups in total. The van der Waals surface area contributed by atoms with Crippen LogP contribution in [0.4, 0.5) is 5.69 Å². The first-order valence-electron chi connectivity index (χ1n) is 8.10. The lowest BCUT2D eigenvalue weighted by Gasteiger charge is -2.18. The van der Waals surface area contributed by atoms with Gasteiger partial charge in [-0.1, -0.05) is 63.2 Å². The first-order chi connectivity index (χ1) is 11.4. The molecule has 3 nitrogen and oxygen atoms in total. The summed E-state index contributed by atoms with van der Waals surface area (Å²) in [4.78, 5) is 26.1. The van der Waals surface area contributed by atoms with Crippen LogP contribution >= 0.6 is 0 Å². The zero-order valence-electron chi connectivity index (χ0n) is 14.2. The minimum atomic E-state index is -0.230. The molecule has 0 atom stereocenters. The third-order valence-electron chi connectivity index (χ3n) is 4.20. The van der Waals surface area contributed by atoms with Crippen LogP contribution in [0.3, 0.4) is 0 Å². The quantitative estimate of drug-likeness (QED) is 0.610. The lowest BCUT2D eigenvalue weighted by Crippen LogP contribution is -2.28. The summed E-state index contributed by atoms with van der Waals surface area (Å²) in [5.41, 5.74) is 3.43. The molecule has 2 amide bonds. The molecule has 0 aromatic heterocycles. The molecule has 1 saturated heterocycles. The van der Waals surface area contributed by atoms with Crippen molar-refractivity contribution in [2.75, 3.05) is 4.90 Å². The maximum atomic E-state index is 12.6. The van der Waals surface area contributed by atoms with Crippen molar-refractivity contribution in [2.24, 2.45) is 0 Å². The fourth-order valence-electron chi connectivity index (χ4n) is 2.81. The van der Waals surface area contributed by atoms with Gasteiger partial charge in [0.1, 0.15) is 0 Å². The Labute approximate surface area is 142 Å². The van der Waals surface area contributed by atoms with Gasteiger partial charge in [-0.25, -0.2) is 4.90 Å². The summed E-state index contributed by atoms with van der Waals surface area (Å²) in [6.07, 6.45) is 1.96. The van der Waals surface area contributed by atoms with E-state index in [9.17, 15) is 9.59 Å². The van der Waals surface area contributed by atoms with Crippen LogP contribution < -0.4 is 4.90 Å². The third-order valence-corrected chi connectivity index (χ3v) is 4.20. The van der Waals surface area contributed by atoms with E-state index in [1.165, 1.54) is 10.5 Å². The van der Waals surface area contributed by atoms with E-state index in [-0.39, 0.29) is 23.7 Å². The number of para-hydroxylation sites is 1. The molecule has 1 heterocycles.